The molecule has 2 fully saturated rings. The summed E-state index contributed by atoms with van der Waals surface area (Å²) in [6, 6.07) is 12.8. The normalized spacial score (nSPS) is 19.1. The van der Waals surface area contributed by atoms with E-state index in [4.69, 9.17) is 4.99 Å². The number of rotatable bonds is 5. The van der Waals surface area contributed by atoms with Crippen LogP contribution in [-0.2, 0) is 16.6 Å². The highest BCUT2D eigenvalue weighted by Crippen LogP contribution is 2.46. The second kappa shape index (κ2) is 7.77. The largest absolute Gasteiger partial charge is 0.342 e. The Labute approximate surface area is 205 Å². The number of amidine groups is 1. The highest BCUT2D eigenvalue weighted by molar-refractivity contribution is 6.17. The van der Waals surface area contributed by atoms with Crippen LogP contribution < -0.4 is 0 Å². The Bertz CT molecular complexity index is 1390. The molecule has 3 heterocycles. The zero-order valence-electron chi connectivity index (χ0n) is 20.8. The van der Waals surface area contributed by atoms with Gasteiger partial charge < -0.3 is 4.90 Å². The molecule has 1 saturated carbocycles. The molecule has 2 aliphatic heterocycles. The molecule has 0 bridgehead atoms. The van der Waals surface area contributed by atoms with Crippen LogP contribution in [-0.4, -0.2) is 62.4 Å². The van der Waals surface area contributed by atoms with Crippen molar-refractivity contribution in [1.82, 2.24) is 19.6 Å². The van der Waals surface area contributed by atoms with Gasteiger partial charge in [0.25, 0.3) is 5.91 Å². The van der Waals surface area contributed by atoms with Crippen LogP contribution in [0.25, 0.3) is 22.0 Å². The molecule has 1 aliphatic carbocycles. The SMILES string of the molecule is Cc1cc(-c2ccc3c(cnn3C)c2)ccc1C1=NC2(CC2)C(=O)N1CC1CN(C(=O)C(C)C)C1. The monoisotopic (exact) mass is 469 g/mol. The van der Waals surface area contributed by atoms with E-state index in [2.05, 4.69) is 48.4 Å². The van der Waals surface area contributed by atoms with Crippen molar-refractivity contribution in [2.45, 2.75) is 39.2 Å². The van der Waals surface area contributed by atoms with E-state index >= 15 is 0 Å². The zero-order chi connectivity index (χ0) is 24.5. The van der Waals surface area contributed by atoms with Crippen molar-refractivity contribution in [3.05, 3.63) is 53.7 Å². The van der Waals surface area contributed by atoms with Crippen LogP contribution in [0.3, 0.4) is 0 Å². The molecular formula is C28H31N5O2. The molecule has 2 amide bonds. The Morgan fingerprint density at radius 3 is 2.51 bits per heavy atom. The first kappa shape index (κ1) is 22.0. The van der Waals surface area contributed by atoms with Gasteiger partial charge in [0.15, 0.2) is 0 Å². The maximum absolute atomic E-state index is 13.3. The zero-order valence-corrected chi connectivity index (χ0v) is 20.8. The van der Waals surface area contributed by atoms with Gasteiger partial charge in [0.05, 0.1) is 11.7 Å². The summed E-state index contributed by atoms with van der Waals surface area (Å²) in [5, 5.41) is 5.46. The summed E-state index contributed by atoms with van der Waals surface area (Å²) in [4.78, 5) is 34.3. The highest BCUT2D eigenvalue weighted by Gasteiger charge is 2.58. The predicted octanol–water partition coefficient (Wildman–Crippen LogP) is 3.78. The van der Waals surface area contributed by atoms with Crippen LogP contribution in [0.2, 0.25) is 0 Å². The lowest BCUT2D eigenvalue weighted by molar-refractivity contribution is -0.141. The summed E-state index contributed by atoms with van der Waals surface area (Å²) in [5.41, 5.74) is 4.97. The third kappa shape index (κ3) is 3.56. The fourth-order valence-corrected chi connectivity index (χ4v) is 5.40. The van der Waals surface area contributed by atoms with Gasteiger partial charge >= 0.3 is 0 Å². The maximum Gasteiger partial charge on any atom is 0.256 e. The number of amides is 2. The average molecular weight is 470 g/mol. The molecule has 0 radical (unpaired) electrons. The molecule has 1 saturated heterocycles. The molecule has 6 rings (SSSR count). The molecule has 35 heavy (non-hydrogen) atoms. The molecule has 0 atom stereocenters. The Hall–Kier alpha value is -3.48. The number of aromatic nitrogens is 2. The minimum absolute atomic E-state index is 0.0104. The fraction of sp³-hybridized carbons (Fsp3) is 0.429. The van der Waals surface area contributed by atoms with E-state index in [9.17, 15) is 9.59 Å². The highest BCUT2D eigenvalue weighted by atomic mass is 16.2. The van der Waals surface area contributed by atoms with Gasteiger partial charge in [0.1, 0.15) is 11.4 Å². The Balaban J connectivity index is 1.26. The van der Waals surface area contributed by atoms with Crippen LogP contribution in [0.4, 0.5) is 0 Å². The van der Waals surface area contributed by atoms with Gasteiger partial charge in [-0.15, -0.1) is 0 Å². The van der Waals surface area contributed by atoms with Gasteiger partial charge in [-0.2, -0.15) is 5.10 Å². The maximum atomic E-state index is 13.3. The van der Waals surface area contributed by atoms with E-state index < -0.39 is 5.54 Å². The smallest absolute Gasteiger partial charge is 0.256 e. The third-order valence-electron chi connectivity index (χ3n) is 7.69. The quantitative estimate of drug-likeness (QED) is 0.571. The first-order chi connectivity index (χ1) is 16.8. The standard InChI is InChI=1S/C28H31N5O2/c1-17(2)26(34)32-14-19(15-32)16-33-25(30-28(9-10-28)27(33)35)23-7-5-20(11-18(23)3)21-6-8-24-22(12-21)13-29-31(24)4/h5-8,11-13,17,19H,9-10,14-16H2,1-4H3. The summed E-state index contributed by atoms with van der Waals surface area (Å²) in [6.07, 6.45) is 3.55. The van der Waals surface area contributed by atoms with E-state index in [0.717, 1.165) is 64.9 Å². The summed E-state index contributed by atoms with van der Waals surface area (Å²) in [5.74, 6) is 1.43. The van der Waals surface area contributed by atoms with E-state index in [0.29, 0.717) is 12.5 Å². The minimum atomic E-state index is -0.539. The van der Waals surface area contributed by atoms with Crippen molar-refractivity contribution in [3.63, 3.8) is 0 Å². The van der Waals surface area contributed by atoms with Gasteiger partial charge in [0, 0.05) is 49.5 Å². The molecule has 3 aliphatic rings. The number of aryl methyl sites for hydroxylation is 2. The number of hydrogen-bond donors (Lipinski definition) is 0. The molecule has 1 aromatic heterocycles. The Morgan fingerprint density at radius 1 is 1.11 bits per heavy atom. The number of nitrogens with zero attached hydrogens (tertiary/aromatic N) is 5. The van der Waals surface area contributed by atoms with Crippen molar-refractivity contribution in [2.75, 3.05) is 19.6 Å². The lowest BCUT2D eigenvalue weighted by Crippen LogP contribution is -2.56. The van der Waals surface area contributed by atoms with Crippen LogP contribution in [0.5, 0.6) is 0 Å². The summed E-state index contributed by atoms with van der Waals surface area (Å²) >= 11 is 0. The number of fused-ring (bicyclic) bond motifs is 1. The molecule has 1 spiro atoms. The first-order valence-corrected chi connectivity index (χ1v) is 12.5. The average Bonchev–Trinajstić information content (AvgIpc) is 3.44. The van der Waals surface area contributed by atoms with Gasteiger partial charge in [-0.3, -0.25) is 24.2 Å². The number of carbonyl (C=O) groups is 2. The molecule has 7 nitrogen and oxygen atoms in total. The third-order valence-corrected chi connectivity index (χ3v) is 7.69. The second-order valence-corrected chi connectivity index (χ2v) is 10.7. The number of benzene rings is 2. The lowest BCUT2D eigenvalue weighted by Gasteiger charge is -2.42. The topological polar surface area (TPSA) is 70.8 Å². The van der Waals surface area contributed by atoms with Gasteiger partial charge in [-0.1, -0.05) is 38.1 Å². The van der Waals surface area contributed by atoms with Gasteiger partial charge in [0.2, 0.25) is 5.91 Å². The lowest BCUT2D eigenvalue weighted by atomic mass is 9.96. The van der Waals surface area contributed by atoms with Crippen molar-refractivity contribution in [1.29, 1.82) is 0 Å². The molecule has 180 valence electrons. The van der Waals surface area contributed by atoms with Crippen LogP contribution in [0.1, 0.15) is 37.8 Å². The van der Waals surface area contributed by atoms with E-state index in [1.807, 2.05) is 41.6 Å². The summed E-state index contributed by atoms with van der Waals surface area (Å²) in [7, 11) is 1.95. The Morgan fingerprint density at radius 2 is 1.83 bits per heavy atom. The summed E-state index contributed by atoms with van der Waals surface area (Å²) in [6.45, 7) is 8.02. The van der Waals surface area contributed by atoms with E-state index in [1.54, 1.807) is 0 Å². The van der Waals surface area contributed by atoms with Crippen LogP contribution >= 0.6 is 0 Å². The van der Waals surface area contributed by atoms with Crippen molar-refractivity contribution in [2.24, 2.45) is 23.9 Å². The van der Waals surface area contributed by atoms with Crippen molar-refractivity contribution in [3.8, 4) is 11.1 Å². The second-order valence-electron chi connectivity index (χ2n) is 10.7. The molecule has 7 heteroatoms. The van der Waals surface area contributed by atoms with E-state index in [1.165, 1.54) is 0 Å². The van der Waals surface area contributed by atoms with Gasteiger partial charge in [-0.05, 0) is 48.6 Å². The number of carbonyl (C=O) groups excluding carboxylic acids is 2. The van der Waals surface area contributed by atoms with Crippen molar-refractivity contribution < 1.29 is 9.59 Å². The number of hydrogen-bond acceptors (Lipinski definition) is 4. The Kier molecular flexibility index (Phi) is 4.88. The number of likely N-dealkylation sites (tertiary alicyclic amines) is 1. The van der Waals surface area contributed by atoms with Gasteiger partial charge in [-0.25, -0.2) is 0 Å². The summed E-state index contributed by atoms with van der Waals surface area (Å²) < 4.78 is 1.88. The molecule has 2 aromatic carbocycles. The first-order valence-electron chi connectivity index (χ1n) is 12.5. The van der Waals surface area contributed by atoms with Crippen LogP contribution in [0.15, 0.2) is 47.6 Å². The molecule has 0 unspecified atom stereocenters. The molecular weight excluding hydrogens is 438 g/mol. The van der Waals surface area contributed by atoms with E-state index in [-0.39, 0.29) is 17.7 Å². The van der Waals surface area contributed by atoms with Crippen molar-refractivity contribution >= 4 is 28.6 Å². The predicted molar refractivity (Wildman–Crippen MR) is 136 cm³/mol. The number of aliphatic imine (C=N–C) groups is 1. The molecule has 0 N–H and O–H groups in total. The van der Waals surface area contributed by atoms with Crippen LogP contribution in [0, 0.1) is 18.8 Å². The molecule has 3 aromatic rings. The minimum Gasteiger partial charge on any atom is -0.342 e. The fourth-order valence-electron chi connectivity index (χ4n) is 5.40.